The van der Waals surface area contributed by atoms with Crippen LogP contribution in [0.3, 0.4) is 0 Å². The van der Waals surface area contributed by atoms with Crippen LogP contribution in [0.15, 0.2) is 41.2 Å². The topological polar surface area (TPSA) is 98.1 Å². The van der Waals surface area contributed by atoms with Crippen molar-refractivity contribution in [3.05, 3.63) is 62.5 Å². The zero-order valence-corrected chi connectivity index (χ0v) is 16.1. The van der Waals surface area contributed by atoms with Crippen molar-refractivity contribution in [3.8, 4) is 0 Å². The van der Waals surface area contributed by atoms with Crippen molar-refractivity contribution >= 4 is 51.7 Å². The molecule has 4 rings (SSSR count). The molecule has 2 amide bonds. The molecule has 1 aliphatic rings. The Morgan fingerprint density at radius 2 is 1.86 bits per heavy atom. The molecule has 0 spiro atoms. The van der Waals surface area contributed by atoms with Crippen LogP contribution >= 0.6 is 23.2 Å². The second-order valence-electron chi connectivity index (χ2n) is 6.61. The Morgan fingerprint density at radius 1 is 1.07 bits per heavy atom. The van der Waals surface area contributed by atoms with Crippen molar-refractivity contribution in [2.75, 3.05) is 11.9 Å². The molecule has 2 heterocycles. The van der Waals surface area contributed by atoms with Crippen molar-refractivity contribution in [2.24, 2.45) is 0 Å². The number of hydrogen-bond acceptors (Lipinski definition) is 3. The Labute approximate surface area is 169 Å². The van der Waals surface area contributed by atoms with E-state index in [1.165, 1.54) is 11.0 Å². The number of fused-ring (bicyclic) bond motifs is 1. The number of carbonyl (C=O) groups excluding carboxylic acids is 2. The molecule has 28 heavy (non-hydrogen) atoms. The SMILES string of the molecule is O=C(Nc1ccc2[nH]c(=O)[nH]c2c1)[C@H]1CCCN1C(=O)c1cc(Cl)ccc1Cl. The molecule has 2 aromatic carbocycles. The third-order valence-corrected chi connectivity index (χ3v) is 5.32. The van der Waals surface area contributed by atoms with Crippen LogP contribution in [0, 0.1) is 0 Å². The number of imidazole rings is 1. The molecule has 1 aliphatic heterocycles. The highest BCUT2D eigenvalue weighted by Crippen LogP contribution is 2.27. The number of benzene rings is 2. The van der Waals surface area contributed by atoms with E-state index in [1.807, 2.05) is 0 Å². The fourth-order valence-corrected chi connectivity index (χ4v) is 3.80. The van der Waals surface area contributed by atoms with Gasteiger partial charge in [-0.25, -0.2) is 4.79 Å². The maximum absolute atomic E-state index is 12.9. The van der Waals surface area contributed by atoms with Crippen LogP contribution < -0.4 is 11.0 Å². The van der Waals surface area contributed by atoms with Gasteiger partial charge >= 0.3 is 5.69 Å². The van der Waals surface area contributed by atoms with E-state index in [-0.39, 0.29) is 23.1 Å². The van der Waals surface area contributed by atoms with Crippen LogP contribution in [-0.4, -0.2) is 39.3 Å². The number of halogens is 2. The molecule has 0 radical (unpaired) electrons. The zero-order valence-electron chi connectivity index (χ0n) is 14.6. The lowest BCUT2D eigenvalue weighted by atomic mass is 10.1. The number of aromatic amines is 2. The normalized spacial score (nSPS) is 16.5. The highest BCUT2D eigenvalue weighted by molar-refractivity contribution is 6.35. The third kappa shape index (κ3) is 3.50. The standard InChI is InChI=1S/C19H16Cl2N4O3/c20-10-3-5-13(21)12(8-10)18(27)25-7-1-2-16(25)17(26)22-11-4-6-14-15(9-11)24-19(28)23-14/h3-6,8-9,16H,1-2,7H2,(H,22,26)(H2,23,24,28)/t16-/m1/s1. The van der Waals surface area contributed by atoms with Gasteiger partial charge in [0, 0.05) is 17.3 Å². The predicted octanol–water partition coefficient (Wildman–Crippen LogP) is 3.41. The van der Waals surface area contributed by atoms with Crippen LogP contribution in [0.1, 0.15) is 23.2 Å². The van der Waals surface area contributed by atoms with Crippen LogP contribution in [0.2, 0.25) is 10.0 Å². The number of rotatable bonds is 3. The minimum atomic E-state index is -0.608. The van der Waals surface area contributed by atoms with Gasteiger partial charge in [-0.2, -0.15) is 0 Å². The maximum Gasteiger partial charge on any atom is 0.323 e. The van der Waals surface area contributed by atoms with E-state index in [1.54, 1.807) is 30.3 Å². The van der Waals surface area contributed by atoms with Crippen molar-refractivity contribution in [2.45, 2.75) is 18.9 Å². The number of likely N-dealkylation sites (tertiary alicyclic amines) is 1. The summed E-state index contributed by atoms with van der Waals surface area (Å²) in [6, 6.07) is 9.13. The molecule has 0 aliphatic carbocycles. The molecule has 1 fully saturated rings. The highest BCUT2D eigenvalue weighted by atomic mass is 35.5. The summed E-state index contributed by atoms with van der Waals surface area (Å²) in [6.45, 7) is 0.462. The van der Waals surface area contributed by atoms with Gasteiger partial charge in [0.1, 0.15) is 6.04 Å². The fourth-order valence-electron chi connectivity index (χ4n) is 3.43. The molecule has 1 atom stereocenters. The summed E-state index contributed by atoms with van der Waals surface area (Å²) in [5.74, 6) is -0.614. The lowest BCUT2D eigenvalue weighted by Gasteiger charge is -2.24. The number of H-pyrrole nitrogens is 2. The summed E-state index contributed by atoms with van der Waals surface area (Å²) < 4.78 is 0. The van der Waals surface area contributed by atoms with Crippen LogP contribution in [0.25, 0.3) is 11.0 Å². The molecular weight excluding hydrogens is 403 g/mol. The second kappa shape index (κ2) is 7.33. The summed E-state index contributed by atoms with van der Waals surface area (Å²) in [4.78, 5) is 43.9. The largest absolute Gasteiger partial charge is 0.327 e. The Hall–Kier alpha value is -2.77. The van der Waals surface area contributed by atoms with Gasteiger partial charge in [0.25, 0.3) is 5.91 Å². The monoisotopic (exact) mass is 418 g/mol. The Balaban J connectivity index is 1.55. The van der Waals surface area contributed by atoms with E-state index < -0.39 is 6.04 Å². The van der Waals surface area contributed by atoms with Crippen molar-refractivity contribution in [1.29, 1.82) is 0 Å². The molecule has 3 N–H and O–H groups in total. The smallest absolute Gasteiger partial charge is 0.323 e. The molecule has 1 aromatic heterocycles. The molecular formula is C19H16Cl2N4O3. The lowest BCUT2D eigenvalue weighted by Crippen LogP contribution is -2.43. The fraction of sp³-hybridized carbons (Fsp3) is 0.211. The first-order valence-corrected chi connectivity index (χ1v) is 9.47. The van der Waals surface area contributed by atoms with E-state index in [9.17, 15) is 14.4 Å². The Bertz CT molecular complexity index is 1140. The number of hydrogen-bond donors (Lipinski definition) is 3. The third-order valence-electron chi connectivity index (χ3n) is 4.76. The first kappa shape index (κ1) is 18.6. The number of nitrogens with zero attached hydrogens (tertiary/aromatic N) is 1. The average molecular weight is 419 g/mol. The van der Waals surface area contributed by atoms with Crippen LogP contribution in [-0.2, 0) is 4.79 Å². The Morgan fingerprint density at radius 3 is 2.68 bits per heavy atom. The van der Waals surface area contributed by atoms with Crippen molar-refractivity contribution in [3.63, 3.8) is 0 Å². The predicted molar refractivity (Wildman–Crippen MR) is 108 cm³/mol. The molecule has 3 aromatic rings. The van der Waals surface area contributed by atoms with Gasteiger partial charge < -0.3 is 20.2 Å². The van der Waals surface area contributed by atoms with Gasteiger partial charge in [-0.1, -0.05) is 23.2 Å². The number of anilines is 1. The first-order valence-electron chi connectivity index (χ1n) is 8.71. The summed E-state index contributed by atoms with van der Waals surface area (Å²) in [6.07, 6.45) is 1.27. The number of amides is 2. The van der Waals surface area contributed by atoms with Gasteiger partial charge in [-0.05, 0) is 49.2 Å². The number of carbonyl (C=O) groups is 2. The zero-order chi connectivity index (χ0) is 19.8. The van der Waals surface area contributed by atoms with E-state index in [0.717, 1.165) is 0 Å². The van der Waals surface area contributed by atoms with Gasteiger partial charge in [0.2, 0.25) is 5.91 Å². The summed E-state index contributed by atoms with van der Waals surface area (Å²) in [5.41, 5.74) is 1.74. The average Bonchev–Trinajstić information content (AvgIpc) is 3.28. The molecule has 9 heteroatoms. The lowest BCUT2D eigenvalue weighted by molar-refractivity contribution is -0.119. The first-order chi connectivity index (χ1) is 13.4. The minimum absolute atomic E-state index is 0.278. The van der Waals surface area contributed by atoms with Crippen LogP contribution in [0.4, 0.5) is 5.69 Å². The quantitative estimate of drug-likeness (QED) is 0.607. The molecule has 0 unspecified atom stereocenters. The molecule has 0 saturated carbocycles. The second-order valence-corrected chi connectivity index (χ2v) is 7.45. The molecule has 1 saturated heterocycles. The van der Waals surface area contributed by atoms with E-state index in [2.05, 4.69) is 15.3 Å². The summed E-state index contributed by atoms with van der Waals surface area (Å²) in [7, 11) is 0. The molecule has 0 bridgehead atoms. The minimum Gasteiger partial charge on any atom is -0.327 e. The maximum atomic E-state index is 12.9. The Kier molecular flexibility index (Phi) is 4.87. The summed E-state index contributed by atoms with van der Waals surface area (Å²) in [5, 5.41) is 3.52. The number of nitrogens with one attached hydrogen (secondary N) is 3. The van der Waals surface area contributed by atoms with E-state index in [4.69, 9.17) is 23.2 Å². The highest BCUT2D eigenvalue weighted by Gasteiger charge is 2.35. The van der Waals surface area contributed by atoms with Crippen molar-refractivity contribution in [1.82, 2.24) is 14.9 Å². The van der Waals surface area contributed by atoms with Gasteiger partial charge in [-0.3, -0.25) is 9.59 Å². The number of aromatic nitrogens is 2. The van der Waals surface area contributed by atoms with Gasteiger partial charge in [0.05, 0.1) is 21.6 Å². The van der Waals surface area contributed by atoms with Gasteiger partial charge in [0.15, 0.2) is 0 Å². The van der Waals surface area contributed by atoms with E-state index >= 15 is 0 Å². The van der Waals surface area contributed by atoms with Crippen LogP contribution in [0.5, 0.6) is 0 Å². The van der Waals surface area contributed by atoms with Gasteiger partial charge in [-0.15, -0.1) is 0 Å². The molecule has 144 valence electrons. The van der Waals surface area contributed by atoms with Crippen molar-refractivity contribution < 1.29 is 9.59 Å². The van der Waals surface area contributed by atoms with E-state index in [0.29, 0.717) is 46.2 Å². The molecule has 7 nitrogen and oxygen atoms in total. The summed E-state index contributed by atoms with van der Waals surface area (Å²) >= 11 is 12.1.